The Kier molecular flexibility index (Phi) is 6.84. The average Bonchev–Trinajstić information content (AvgIpc) is 2.70. The number of ether oxygens (including phenoxy) is 1. The van der Waals surface area contributed by atoms with Crippen LogP contribution in [0.4, 0.5) is 5.69 Å². The quantitative estimate of drug-likeness (QED) is 0.522. The van der Waals surface area contributed by atoms with Crippen molar-refractivity contribution in [3.05, 3.63) is 82.5 Å². The van der Waals surface area contributed by atoms with Crippen molar-refractivity contribution in [2.24, 2.45) is 0 Å². The summed E-state index contributed by atoms with van der Waals surface area (Å²) in [6.45, 7) is 1.59. The highest BCUT2D eigenvalue weighted by molar-refractivity contribution is 9.10. The predicted molar refractivity (Wildman–Crippen MR) is 113 cm³/mol. The lowest BCUT2D eigenvalue weighted by molar-refractivity contribution is -0.119. The first-order chi connectivity index (χ1) is 13.5. The molecule has 0 aliphatic rings. The lowest BCUT2D eigenvalue weighted by Gasteiger charge is -2.09. The number of nitrogens with zero attached hydrogens (tertiary/aromatic N) is 1. The minimum Gasteiger partial charge on any atom is -0.452 e. The van der Waals surface area contributed by atoms with E-state index in [0.717, 1.165) is 14.9 Å². The molecule has 7 heteroatoms. The van der Waals surface area contributed by atoms with Crippen LogP contribution in [0.3, 0.4) is 0 Å². The number of hydrogen-bond acceptors (Lipinski definition) is 5. The molecule has 3 rings (SSSR count). The highest BCUT2D eigenvalue weighted by Crippen LogP contribution is 2.29. The molecule has 5 nitrogen and oxygen atoms in total. The van der Waals surface area contributed by atoms with Gasteiger partial charge in [0.1, 0.15) is 5.03 Å². The highest BCUT2D eigenvalue weighted by atomic mass is 79.9. The van der Waals surface area contributed by atoms with E-state index in [0.29, 0.717) is 16.3 Å². The molecule has 0 spiro atoms. The third kappa shape index (κ3) is 5.68. The Morgan fingerprint density at radius 2 is 1.79 bits per heavy atom. The number of nitrogens with one attached hydrogen (secondary N) is 1. The number of carbonyl (C=O) groups excluding carboxylic acids is 2. The first kappa shape index (κ1) is 20.1. The van der Waals surface area contributed by atoms with Gasteiger partial charge in [0.15, 0.2) is 6.61 Å². The van der Waals surface area contributed by atoms with Crippen molar-refractivity contribution in [2.75, 3.05) is 11.9 Å². The van der Waals surface area contributed by atoms with E-state index < -0.39 is 11.9 Å². The van der Waals surface area contributed by atoms with Crippen molar-refractivity contribution < 1.29 is 14.3 Å². The summed E-state index contributed by atoms with van der Waals surface area (Å²) in [7, 11) is 0. The van der Waals surface area contributed by atoms with E-state index in [1.807, 2.05) is 43.3 Å². The first-order valence-electron chi connectivity index (χ1n) is 8.43. The summed E-state index contributed by atoms with van der Waals surface area (Å²) in [5, 5.41) is 3.22. The van der Waals surface area contributed by atoms with Crippen molar-refractivity contribution in [1.82, 2.24) is 4.98 Å². The minimum atomic E-state index is -0.591. The Hall–Kier alpha value is -2.64. The standard InChI is InChI=1S/C21H17BrN2O3S/c1-14-4-8-16(9-5-14)24-19(25)13-27-21(26)18-3-2-12-23-20(18)28-17-10-6-15(22)7-11-17/h2-12H,13H2,1H3,(H,24,25). The van der Waals surface area contributed by atoms with Crippen LogP contribution in [0.2, 0.25) is 0 Å². The molecule has 0 aliphatic carbocycles. The number of pyridine rings is 1. The Morgan fingerprint density at radius 1 is 1.07 bits per heavy atom. The molecule has 142 valence electrons. The largest absolute Gasteiger partial charge is 0.452 e. The fourth-order valence-electron chi connectivity index (χ4n) is 2.28. The second-order valence-electron chi connectivity index (χ2n) is 5.90. The third-order valence-corrected chi connectivity index (χ3v) is 5.24. The van der Waals surface area contributed by atoms with E-state index in [2.05, 4.69) is 26.2 Å². The fraction of sp³-hybridized carbons (Fsp3) is 0.0952. The van der Waals surface area contributed by atoms with Crippen LogP contribution in [-0.4, -0.2) is 23.5 Å². The van der Waals surface area contributed by atoms with E-state index >= 15 is 0 Å². The molecule has 1 heterocycles. The highest BCUT2D eigenvalue weighted by Gasteiger charge is 2.16. The monoisotopic (exact) mass is 456 g/mol. The number of rotatable bonds is 6. The van der Waals surface area contributed by atoms with Crippen LogP contribution in [0, 0.1) is 6.92 Å². The summed E-state index contributed by atoms with van der Waals surface area (Å²) in [4.78, 5) is 29.7. The van der Waals surface area contributed by atoms with Gasteiger partial charge in [0, 0.05) is 21.3 Å². The van der Waals surface area contributed by atoms with Gasteiger partial charge in [0.05, 0.1) is 5.56 Å². The van der Waals surface area contributed by atoms with E-state index in [-0.39, 0.29) is 6.61 Å². The van der Waals surface area contributed by atoms with Crippen LogP contribution in [0.1, 0.15) is 15.9 Å². The van der Waals surface area contributed by atoms with Gasteiger partial charge < -0.3 is 10.1 Å². The summed E-state index contributed by atoms with van der Waals surface area (Å²) in [6.07, 6.45) is 1.61. The molecule has 28 heavy (non-hydrogen) atoms. The van der Waals surface area contributed by atoms with Crippen LogP contribution in [0.5, 0.6) is 0 Å². The number of esters is 1. The number of hydrogen-bond donors (Lipinski definition) is 1. The SMILES string of the molecule is Cc1ccc(NC(=O)COC(=O)c2cccnc2Sc2ccc(Br)cc2)cc1. The number of halogens is 1. The van der Waals surface area contributed by atoms with Gasteiger partial charge in [-0.25, -0.2) is 9.78 Å². The second-order valence-corrected chi connectivity index (χ2v) is 7.88. The zero-order valence-corrected chi connectivity index (χ0v) is 17.4. The first-order valence-corrected chi connectivity index (χ1v) is 10.0. The maximum atomic E-state index is 12.4. The molecular weight excluding hydrogens is 440 g/mol. The van der Waals surface area contributed by atoms with Crippen LogP contribution in [0.15, 0.2) is 81.3 Å². The third-order valence-electron chi connectivity index (χ3n) is 3.69. The zero-order valence-electron chi connectivity index (χ0n) is 15.0. The van der Waals surface area contributed by atoms with Gasteiger partial charge in [-0.1, -0.05) is 45.4 Å². The number of benzene rings is 2. The summed E-state index contributed by atoms with van der Waals surface area (Å²) >= 11 is 4.75. The Morgan fingerprint density at radius 3 is 2.50 bits per heavy atom. The lowest BCUT2D eigenvalue weighted by atomic mass is 10.2. The average molecular weight is 457 g/mol. The maximum Gasteiger partial charge on any atom is 0.341 e. The van der Waals surface area contributed by atoms with Crippen LogP contribution in [-0.2, 0) is 9.53 Å². The zero-order chi connectivity index (χ0) is 19.9. The second kappa shape index (κ2) is 9.52. The normalized spacial score (nSPS) is 10.4. The van der Waals surface area contributed by atoms with E-state index in [4.69, 9.17) is 4.74 Å². The maximum absolute atomic E-state index is 12.4. The van der Waals surface area contributed by atoms with Crippen LogP contribution in [0.25, 0.3) is 0 Å². The van der Waals surface area contributed by atoms with Crippen molar-refractivity contribution >= 4 is 45.3 Å². The van der Waals surface area contributed by atoms with Gasteiger partial charge >= 0.3 is 5.97 Å². The Balaban J connectivity index is 1.61. The van der Waals surface area contributed by atoms with Crippen molar-refractivity contribution in [3.63, 3.8) is 0 Å². The van der Waals surface area contributed by atoms with Gasteiger partial charge in [-0.3, -0.25) is 4.79 Å². The van der Waals surface area contributed by atoms with Crippen LogP contribution < -0.4 is 5.32 Å². The Labute approximate surface area is 175 Å². The molecule has 0 saturated carbocycles. The molecule has 0 unspecified atom stereocenters. The summed E-state index contributed by atoms with van der Waals surface area (Å²) in [5.74, 6) is -0.991. The molecule has 0 radical (unpaired) electrons. The lowest BCUT2D eigenvalue weighted by Crippen LogP contribution is -2.21. The predicted octanol–water partition coefficient (Wildman–Crippen LogP) is 5.10. The molecule has 0 atom stereocenters. The smallest absolute Gasteiger partial charge is 0.341 e. The molecule has 2 aromatic carbocycles. The molecule has 3 aromatic rings. The Bertz CT molecular complexity index is 976. The van der Waals surface area contributed by atoms with Crippen molar-refractivity contribution in [2.45, 2.75) is 16.8 Å². The van der Waals surface area contributed by atoms with Gasteiger partial charge in [-0.15, -0.1) is 0 Å². The minimum absolute atomic E-state index is 0.318. The number of anilines is 1. The number of aromatic nitrogens is 1. The molecular formula is C21H17BrN2O3S. The molecule has 0 saturated heterocycles. The van der Waals surface area contributed by atoms with E-state index in [1.165, 1.54) is 11.8 Å². The molecule has 1 amide bonds. The van der Waals surface area contributed by atoms with Crippen molar-refractivity contribution in [1.29, 1.82) is 0 Å². The van der Waals surface area contributed by atoms with Gasteiger partial charge in [0.2, 0.25) is 0 Å². The molecule has 1 aromatic heterocycles. The van der Waals surface area contributed by atoms with Gasteiger partial charge in [-0.05, 0) is 55.5 Å². The van der Waals surface area contributed by atoms with E-state index in [1.54, 1.807) is 30.5 Å². The summed E-state index contributed by atoms with van der Waals surface area (Å²) in [6, 6.07) is 18.3. The molecule has 0 fully saturated rings. The number of aryl methyl sites for hydroxylation is 1. The van der Waals surface area contributed by atoms with Gasteiger partial charge in [0.25, 0.3) is 5.91 Å². The van der Waals surface area contributed by atoms with Gasteiger partial charge in [-0.2, -0.15) is 0 Å². The molecule has 0 bridgehead atoms. The summed E-state index contributed by atoms with van der Waals surface area (Å²) < 4.78 is 6.14. The number of carbonyl (C=O) groups is 2. The molecule has 0 aliphatic heterocycles. The molecule has 1 N–H and O–H groups in total. The topological polar surface area (TPSA) is 68.3 Å². The van der Waals surface area contributed by atoms with Crippen molar-refractivity contribution in [3.8, 4) is 0 Å². The van der Waals surface area contributed by atoms with Crippen LogP contribution >= 0.6 is 27.7 Å². The van der Waals surface area contributed by atoms with E-state index in [9.17, 15) is 9.59 Å². The fourth-order valence-corrected chi connectivity index (χ4v) is 3.42. The number of amides is 1. The summed E-state index contributed by atoms with van der Waals surface area (Å²) in [5.41, 5.74) is 2.06.